The summed E-state index contributed by atoms with van der Waals surface area (Å²) in [5.74, 6) is 1.38. The molecule has 3 N–H and O–H groups in total. The molecule has 1 atom stereocenters. The Hall–Kier alpha value is -1.45. The van der Waals surface area contributed by atoms with Crippen LogP contribution in [0.5, 0.6) is 5.88 Å². The number of hydrogen-bond donors (Lipinski definition) is 2. The van der Waals surface area contributed by atoms with Crippen molar-refractivity contribution in [1.82, 2.24) is 4.98 Å². The minimum absolute atomic E-state index is 0.0768. The van der Waals surface area contributed by atoms with Crippen molar-refractivity contribution in [2.45, 2.75) is 59.1 Å². The maximum absolute atomic E-state index is 5.88. The average Bonchev–Trinajstić information content (AvgIpc) is 2.62. The van der Waals surface area contributed by atoms with E-state index in [2.05, 4.69) is 24.1 Å². The Balaban J connectivity index is 2.13. The number of nitrogens with zero attached hydrogens (tertiary/aromatic N) is 1. The van der Waals surface area contributed by atoms with Crippen LogP contribution in [0.4, 0.5) is 11.5 Å². The second-order valence-electron chi connectivity index (χ2n) is 6.34. The first-order valence-corrected chi connectivity index (χ1v) is 7.08. The van der Waals surface area contributed by atoms with Crippen LogP contribution in [0.3, 0.4) is 0 Å². The topological polar surface area (TPSA) is 60.2 Å². The molecule has 0 amide bonds. The first-order chi connectivity index (χ1) is 8.88. The summed E-state index contributed by atoms with van der Waals surface area (Å²) >= 11 is 0. The van der Waals surface area contributed by atoms with Crippen LogP contribution in [0.25, 0.3) is 0 Å². The highest BCUT2D eigenvalue weighted by Crippen LogP contribution is 2.39. The van der Waals surface area contributed by atoms with Crippen molar-refractivity contribution in [2.24, 2.45) is 5.41 Å². The van der Waals surface area contributed by atoms with Crippen molar-refractivity contribution in [3.63, 3.8) is 0 Å². The van der Waals surface area contributed by atoms with Crippen molar-refractivity contribution in [2.75, 3.05) is 11.1 Å². The van der Waals surface area contributed by atoms with Crippen molar-refractivity contribution in [1.29, 1.82) is 0 Å². The van der Waals surface area contributed by atoms with Gasteiger partial charge >= 0.3 is 0 Å². The molecule has 1 fully saturated rings. The van der Waals surface area contributed by atoms with Crippen LogP contribution < -0.4 is 15.8 Å². The predicted molar refractivity (Wildman–Crippen MR) is 79.5 cm³/mol. The van der Waals surface area contributed by atoms with Gasteiger partial charge in [0.25, 0.3) is 0 Å². The minimum Gasteiger partial charge on any atom is -0.473 e. The second-order valence-corrected chi connectivity index (χ2v) is 6.34. The van der Waals surface area contributed by atoms with Gasteiger partial charge in [-0.2, -0.15) is 4.98 Å². The number of anilines is 2. The highest BCUT2D eigenvalue weighted by Gasteiger charge is 2.34. The Bertz CT molecular complexity index is 443. The lowest BCUT2D eigenvalue weighted by atomic mass is 9.87. The molecule has 1 aliphatic carbocycles. The van der Waals surface area contributed by atoms with E-state index in [-0.39, 0.29) is 6.10 Å². The normalized spacial score (nSPS) is 21.6. The third-order valence-corrected chi connectivity index (χ3v) is 3.82. The van der Waals surface area contributed by atoms with Gasteiger partial charge in [0, 0.05) is 6.04 Å². The van der Waals surface area contributed by atoms with E-state index in [1.165, 1.54) is 19.3 Å². The molecule has 0 radical (unpaired) electrons. The van der Waals surface area contributed by atoms with E-state index in [0.29, 0.717) is 23.0 Å². The summed E-state index contributed by atoms with van der Waals surface area (Å²) in [4.78, 5) is 4.48. The van der Waals surface area contributed by atoms with E-state index < -0.39 is 0 Å². The Labute approximate surface area is 115 Å². The van der Waals surface area contributed by atoms with Crippen LogP contribution in [0.15, 0.2) is 12.1 Å². The minimum atomic E-state index is 0.0768. The summed E-state index contributed by atoms with van der Waals surface area (Å²) in [5, 5.41) is 3.53. The maximum atomic E-state index is 5.88. The Morgan fingerprint density at radius 2 is 2.16 bits per heavy atom. The molecule has 0 saturated heterocycles. The van der Waals surface area contributed by atoms with E-state index in [1.54, 1.807) is 0 Å². The molecule has 2 rings (SSSR count). The maximum Gasteiger partial charge on any atom is 0.239 e. The van der Waals surface area contributed by atoms with E-state index in [0.717, 1.165) is 5.82 Å². The van der Waals surface area contributed by atoms with Gasteiger partial charge in [0.1, 0.15) is 5.82 Å². The van der Waals surface area contributed by atoms with Crippen LogP contribution in [0.1, 0.15) is 47.0 Å². The highest BCUT2D eigenvalue weighted by atomic mass is 16.5. The number of aromatic nitrogens is 1. The first kappa shape index (κ1) is 14.0. The lowest BCUT2D eigenvalue weighted by Crippen LogP contribution is -2.31. The zero-order chi connectivity index (χ0) is 14.0. The Morgan fingerprint density at radius 3 is 2.74 bits per heavy atom. The molecule has 0 spiro atoms. The highest BCUT2D eigenvalue weighted by molar-refractivity contribution is 5.54. The number of nitrogens with one attached hydrogen (secondary N) is 1. The molecule has 1 unspecified atom stereocenters. The van der Waals surface area contributed by atoms with Crippen LogP contribution in [-0.2, 0) is 0 Å². The smallest absolute Gasteiger partial charge is 0.239 e. The third-order valence-electron chi connectivity index (χ3n) is 3.82. The van der Waals surface area contributed by atoms with E-state index >= 15 is 0 Å². The van der Waals surface area contributed by atoms with Gasteiger partial charge in [0.15, 0.2) is 0 Å². The number of rotatable bonds is 4. The molecule has 0 aromatic carbocycles. The van der Waals surface area contributed by atoms with Gasteiger partial charge in [-0.05, 0) is 44.2 Å². The lowest BCUT2D eigenvalue weighted by Gasteiger charge is -2.28. The van der Waals surface area contributed by atoms with Gasteiger partial charge < -0.3 is 15.8 Å². The molecule has 1 aromatic heterocycles. The summed E-state index contributed by atoms with van der Waals surface area (Å²) in [6.07, 6.45) is 3.80. The van der Waals surface area contributed by atoms with Gasteiger partial charge in [-0.3, -0.25) is 0 Å². The number of hydrogen-bond acceptors (Lipinski definition) is 4. The van der Waals surface area contributed by atoms with E-state index in [9.17, 15) is 0 Å². The molecular weight excluding hydrogens is 238 g/mol. The fourth-order valence-corrected chi connectivity index (χ4v) is 2.62. The van der Waals surface area contributed by atoms with Crippen LogP contribution >= 0.6 is 0 Å². The SMILES string of the molecule is CC(C)Oc1nc(NC2CCCC2(C)C)ccc1N. The molecule has 106 valence electrons. The van der Waals surface area contributed by atoms with Crippen LogP contribution in [0, 0.1) is 5.41 Å². The Kier molecular flexibility index (Phi) is 3.88. The van der Waals surface area contributed by atoms with Crippen molar-refractivity contribution < 1.29 is 4.74 Å². The molecule has 0 aliphatic heterocycles. The first-order valence-electron chi connectivity index (χ1n) is 7.08. The monoisotopic (exact) mass is 263 g/mol. The molecule has 1 heterocycles. The average molecular weight is 263 g/mol. The van der Waals surface area contributed by atoms with Crippen molar-refractivity contribution in [3.8, 4) is 5.88 Å². The second kappa shape index (κ2) is 5.27. The molecule has 1 aromatic rings. The number of nitrogens with two attached hydrogens (primary N) is 1. The quantitative estimate of drug-likeness (QED) is 0.873. The summed E-state index contributed by atoms with van der Waals surface area (Å²) in [6.45, 7) is 8.56. The van der Waals surface area contributed by atoms with Gasteiger partial charge in [-0.1, -0.05) is 20.3 Å². The summed E-state index contributed by atoms with van der Waals surface area (Å²) < 4.78 is 5.63. The number of nitrogen functional groups attached to an aromatic ring is 1. The van der Waals surface area contributed by atoms with Crippen LogP contribution in [0.2, 0.25) is 0 Å². The third kappa shape index (κ3) is 3.31. The summed E-state index contributed by atoms with van der Waals surface area (Å²) in [6, 6.07) is 4.25. The fraction of sp³-hybridized carbons (Fsp3) is 0.667. The van der Waals surface area contributed by atoms with Crippen molar-refractivity contribution in [3.05, 3.63) is 12.1 Å². The van der Waals surface area contributed by atoms with Gasteiger partial charge in [0.05, 0.1) is 11.8 Å². The molecule has 0 bridgehead atoms. The molecule has 1 saturated carbocycles. The summed E-state index contributed by atoms with van der Waals surface area (Å²) in [5.41, 5.74) is 6.79. The Morgan fingerprint density at radius 1 is 1.42 bits per heavy atom. The van der Waals surface area contributed by atoms with Crippen LogP contribution in [-0.4, -0.2) is 17.1 Å². The van der Waals surface area contributed by atoms with E-state index in [4.69, 9.17) is 10.5 Å². The van der Waals surface area contributed by atoms with Crippen molar-refractivity contribution >= 4 is 11.5 Å². The molecular formula is C15H25N3O. The van der Waals surface area contributed by atoms with Gasteiger partial charge in [-0.25, -0.2) is 0 Å². The molecule has 4 heteroatoms. The summed E-state index contributed by atoms with van der Waals surface area (Å²) in [7, 11) is 0. The standard InChI is InChI=1S/C15H25N3O/c1-10(2)19-14-11(16)7-8-13(18-14)17-12-6-5-9-15(12,3)4/h7-8,10,12H,5-6,9,16H2,1-4H3,(H,17,18). The predicted octanol–water partition coefficient (Wildman–Crippen LogP) is 3.44. The number of ether oxygens (including phenoxy) is 1. The molecule has 19 heavy (non-hydrogen) atoms. The zero-order valence-corrected chi connectivity index (χ0v) is 12.4. The number of pyridine rings is 1. The molecule has 1 aliphatic rings. The van der Waals surface area contributed by atoms with E-state index in [1.807, 2.05) is 26.0 Å². The molecule has 4 nitrogen and oxygen atoms in total. The zero-order valence-electron chi connectivity index (χ0n) is 12.4. The fourth-order valence-electron chi connectivity index (χ4n) is 2.62. The lowest BCUT2D eigenvalue weighted by molar-refractivity contribution is 0.234. The van der Waals surface area contributed by atoms with Gasteiger partial charge in [0.2, 0.25) is 5.88 Å². The largest absolute Gasteiger partial charge is 0.473 e. The van der Waals surface area contributed by atoms with Gasteiger partial charge in [-0.15, -0.1) is 0 Å².